The first-order chi connectivity index (χ1) is 11.7. The molecule has 0 saturated carbocycles. The molecule has 24 heavy (non-hydrogen) atoms. The van der Waals surface area contributed by atoms with Crippen LogP contribution in [0.4, 0.5) is 17.3 Å². The second-order valence-electron chi connectivity index (χ2n) is 5.17. The Morgan fingerprint density at radius 3 is 2.92 bits per heavy atom. The zero-order valence-electron chi connectivity index (χ0n) is 13.4. The summed E-state index contributed by atoms with van der Waals surface area (Å²) < 4.78 is 1.73. The molecule has 3 rings (SSSR count). The summed E-state index contributed by atoms with van der Waals surface area (Å²) in [5.74, 6) is 0.971. The van der Waals surface area contributed by atoms with E-state index < -0.39 is 0 Å². The van der Waals surface area contributed by atoms with Crippen LogP contribution in [0.5, 0.6) is 0 Å². The highest BCUT2D eigenvalue weighted by molar-refractivity contribution is 5.52. The number of aliphatic hydroxyl groups is 1. The summed E-state index contributed by atoms with van der Waals surface area (Å²) in [7, 11) is 0. The summed E-state index contributed by atoms with van der Waals surface area (Å²) in [5.41, 5.74) is 3.19. The van der Waals surface area contributed by atoms with Gasteiger partial charge in [0.05, 0.1) is 24.2 Å². The van der Waals surface area contributed by atoms with Crippen molar-refractivity contribution in [3.05, 3.63) is 42.0 Å². The first-order valence-corrected chi connectivity index (χ1v) is 7.48. The number of H-pyrrole nitrogens is 1. The average molecular weight is 326 g/mol. The number of nitrogens with one attached hydrogen (secondary N) is 2. The van der Waals surface area contributed by atoms with E-state index in [1.807, 2.05) is 31.2 Å². The molecule has 0 saturated heterocycles. The Labute approximate surface area is 138 Å². The Kier molecular flexibility index (Phi) is 4.62. The van der Waals surface area contributed by atoms with Gasteiger partial charge in [0.15, 0.2) is 0 Å². The van der Waals surface area contributed by atoms with Crippen molar-refractivity contribution in [3.8, 4) is 5.69 Å². The number of aromatic amines is 1. The number of aryl methyl sites for hydroxylation is 2. The van der Waals surface area contributed by atoms with E-state index in [0.717, 1.165) is 17.1 Å². The van der Waals surface area contributed by atoms with Crippen LogP contribution in [0.3, 0.4) is 0 Å². The van der Waals surface area contributed by atoms with Crippen molar-refractivity contribution in [2.75, 3.05) is 18.5 Å². The number of hydrogen-bond acceptors (Lipinski definition) is 7. The molecule has 0 fully saturated rings. The van der Waals surface area contributed by atoms with Crippen molar-refractivity contribution >= 4 is 17.3 Å². The lowest BCUT2D eigenvalue weighted by molar-refractivity contribution is 0.311. The quantitative estimate of drug-likeness (QED) is 0.601. The molecule has 0 unspecified atom stereocenters. The first kappa shape index (κ1) is 15.8. The zero-order chi connectivity index (χ0) is 16.9. The largest absolute Gasteiger partial charge is 0.395 e. The van der Waals surface area contributed by atoms with E-state index in [4.69, 9.17) is 5.11 Å². The van der Waals surface area contributed by atoms with Gasteiger partial charge >= 0.3 is 0 Å². The molecule has 0 atom stereocenters. The molecular weight excluding hydrogens is 308 g/mol. The maximum Gasteiger partial charge on any atom is 0.287 e. The summed E-state index contributed by atoms with van der Waals surface area (Å²) in [5, 5.41) is 31.3. The van der Waals surface area contributed by atoms with E-state index in [1.54, 1.807) is 17.8 Å². The van der Waals surface area contributed by atoms with Crippen LogP contribution in [0.15, 0.2) is 40.7 Å². The van der Waals surface area contributed by atoms with Crippen molar-refractivity contribution in [1.82, 2.24) is 25.0 Å². The molecule has 9 nitrogen and oxygen atoms in total. The van der Waals surface area contributed by atoms with Gasteiger partial charge in [0, 0.05) is 12.2 Å². The molecule has 0 amide bonds. The number of aliphatic hydroxyl groups excluding tert-OH is 1. The molecule has 0 spiro atoms. The second-order valence-corrected chi connectivity index (χ2v) is 5.17. The van der Waals surface area contributed by atoms with Gasteiger partial charge in [-0.15, -0.1) is 15.3 Å². The fourth-order valence-electron chi connectivity index (χ4n) is 2.11. The van der Waals surface area contributed by atoms with Crippen LogP contribution in [0.25, 0.3) is 5.69 Å². The summed E-state index contributed by atoms with van der Waals surface area (Å²) in [6.07, 6.45) is 1.80. The van der Waals surface area contributed by atoms with E-state index in [1.165, 1.54) is 0 Å². The fraction of sp³-hybridized carbons (Fsp3) is 0.267. The lowest BCUT2D eigenvalue weighted by Gasteiger charge is -2.06. The van der Waals surface area contributed by atoms with Crippen molar-refractivity contribution in [2.45, 2.75) is 13.8 Å². The Bertz CT molecular complexity index is 851. The molecule has 1 aromatic carbocycles. The SMILES string of the molecule is Cc1nc(N=Nc2cn(-c3cccc(NCCO)c3)nc2C)n[nH]1. The highest BCUT2D eigenvalue weighted by Crippen LogP contribution is 2.22. The number of benzene rings is 1. The van der Waals surface area contributed by atoms with Crippen LogP contribution in [0.1, 0.15) is 11.5 Å². The molecule has 3 aromatic rings. The third kappa shape index (κ3) is 3.63. The summed E-state index contributed by atoms with van der Waals surface area (Å²) in [6.45, 7) is 4.24. The summed E-state index contributed by atoms with van der Waals surface area (Å²) in [4.78, 5) is 4.08. The van der Waals surface area contributed by atoms with Gasteiger partial charge in [-0.3, -0.25) is 5.10 Å². The van der Waals surface area contributed by atoms with Gasteiger partial charge in [0.2, 0.25) is 0 Å². The molecule has 0 aliphatic carbocycles. The zero-order valence-corrected chi connectivity index (χ0v) is 13.4. The van der Waals surface area contributed by atoms with Gasteiger partial charge in [-0.1, -0.05) is 6.07 Å². The van der Waals surface area contributed by atoms with E-state index in [2.05, 4.69) is 35.8 Å². The molecule has 2 heterocycles. The molecule has 2 aromatic heterocycles. The van der Waals surface area contributed by atoms with Gasteiger partial charge in [0.1, 0.15) is 11.5 Å². The third-order valence-corrected chi connectivity index (χ3v) is 3.26. The lowest BCUT2D eigenvalue weighted by atomic mass is 10.3. The van der Waals surface area contributed by atoms with Crippen LogP contribution in [-0.2, 0) is 0 Å². The van der Waals surface area contributed by atoms with E-state index >= 15 is 0 Å². The topological polar surface area (TPSA) is 116 Å². The summed E-state index contributed by atoms with van der Waals surface area (Å²) in [6, 6.07) is 7.74. The third-order valence-electron chi connectivity index (χ3n) is 3.26. The standard InChI is InChI=1S/C15H18N8O/c1-10-14(19-21-15-17-11(2)18-20-15)9-23(22-10)13-5-3-4-12(8-13)16-6-7-24/h3-5,8-9,16,24H,6-7H2,1-2H3,(H,17,18,20). The minimum Gasteiger partial charge on any atom is -0.395 e. The number of anilines is 1. The van der Waals surface area contributed by atoms with Gasteiger partial charge in [-0.2, -0.15) is 10.1 Å². The predicted molar refractivity (Wildman–Crippen MR) is 89.2 cm³/mol. The molecule has 0 aliphatic heterocycles. The van der Waals surface area contributed by atoms with Crippen molar-refractivity contribution in [3.63, 3.8) is 0 Å². The molecule has 0 bridgehead atoms. The van der Waals surface area contributed by atoms with Crippen molar-refractivity contribution in [1.29, 1.82) is 0 Å². The molecule has 124 valence electrons. The minimum absolute atomic E-state index is 0.0797. The van der Waals surface area contributed by atoms with Gasteiger partial charge in [0.25, 0.3) is 5.95 Å². The van der Waals surface area contributed by atoms with Crippen LogP contribution in [0.2, 0.25) is 0 Å². The van der Waals surface area contributed by atoms with Gasteiger partial charge in [-0.25, -0.2) is 4.68 Å². The van der Waals surface area contributed by atoms with Crippen molar-refractivity contribution in [2.24, 2.45) is 10.2 Å². The molecular formula is C15H18N8O. The van der Waals surface area contributed by atoms with Gasteiger partial charge in [-0.05, 0) is 32.0 Å². The smallest absolute Gasteiger partial charge is 0.287 e. The molecule has 0 aliphatic rings. The number of azo groups is 1. The molecule has 3 N–H and O–H groups in total. The summed E-state index contributed by atoms with van der Waals surface area (Å²) >= 11 is 0. The molecule has 0 radical (unpaired) electrons. The maximum atomic E-state index is 8.89. The Balaban J connectivity index is 1.82. The first-order valence-electron chi connectivity index (χ1n) is 7.48. The number of aromatic nitrogens is 5. The van der Waals surface area contributed by atoms with Crippen LogP contribution in [0, 0.1) is 13.8 Å². The van der Waals surface area contributed by atoms with Crippen molar-refractivity contribution < 1.29 is 5.11 Å². The Hall–Kier alpha value is -3.07. The van der Waals surface area contributed by atoms with E-state index in [9.17, 15) is 0 Å². The lowest BCUT2D eigenvalue weighted by Crippen LogP contribution is -2.06. The minimum atomic E-state index is 0.0797. The number of nitrogens with zero attached hydrogens (tertiary/aromatic N) is 6. The van der Waals surface area contributed by atoms with Gasteiger partial charge < -0.3 is 10.4 Å². The predicted octanol–water partition coefficient (Wildman–Crippen LogP) is 2.43. The van der Waals surface area contributed by atoms with E-state index in [-0.39, 0.29) is 12.6 Å². The monoisotopic (exact) mass is 326 g/mol. The van der Waals surface area contributed by atoms with Crippen LogP contribution >= 0.6 is 0 Å². The average Bonchev–Trinajstić information content (AvgIpc) is 3.17. The Morgan fingerprint density at radius 1 is 1.29 bits per heavy atom. The molecule has 9 heteroatoms. The van der Waals surface area contributed by atoms with Crippen LogP contribution in [-0.4, -0.2) is 43.2 Å². The fourth-order valence-corrected chi connectivity index (χ4v) is 2.11. The maximum absolute atomic E-state index is 8.89. The van der Waals surface area contributed by atoms with Crippen LogP contribution < -0.4 is 5.32 Å². The second kappa shape index (κ2) is 7.01. The highest BCUT2D eigenvalue weighted by Gasteiger charge is 2.07. The van der Waals surface area contributed by atoms with E-state index in [0.29, 0.717) is 18.1 Å². The number of rotatable bonds is 6. The number of hydrogen-bond donors (Lipinski definition) is 3. The normalized spacial score (nSPS) is 11.3. The highest BCUT2D eigenvalue weighted by atomic mass is 16.3. The Morgan fingerprint density at radius 2 is 2.17 bits per heavy atom.